The van der Waals surface area contributed by atoms with E-state index < -0.39 is 0 Å². The summed E-state index contributed by atoms with van der Waals surface area (Å²) in [7, 11) is 0. The number of nitrogens with zero attached hydrogens (tertiary/aromatic N) is 3. The normalized spacial score (nSPS) is 12.3. The predicted octanol–water partition coefficient (Wildman–Crippen LogP) is 9.36. The summed E-state index contributed by atoms with van der Waals surface area (Å²) in [6.45, 7) is 2.56. The average molecular weight is 520 g/mol. The lowest BCUT2D eigenvalue weighted by atomic mass is 10.00. The highest BCUT2D eigenvalue weighted by Crippen LogP contribution is 2.47. The topological polar surface area (TPSA) is 43.9 Å². The molecule has 9 rings (SSSR count). The van der Waals surface area contributed by atoms with Crippen LogP contribution in [0.3, 0.4) is 0 Å². The molecule has 0 aliphatic heterocycles. The van der Waals surface area contributed by atoms with Gasteiger partial charge in [-0.1, -0.05) is 78.9 Å². The fourth-order valence-electron chi connectivity index (χ4n) is 6.45. The molecule has 0 aliphatic carbocycles. The molecule has 0 unspecified atom stereocenters. The van der Waals surface area contributed by atoms with Gasteiger partial charge in [-0.25, -0.2) is 4.98 Å². The van der Waals surface area contributed by atoms with Crippen molar-refractivity contribution in [1.29, 1.82) is 0 Å². The van der Waals surface area contributed by atoms with Crippen LogP contribution in [0.4, 0.5) is 0 Å². The number of para-hydroxylation sites is 2. The van der Waals surface area contributed by atoms with Gasteiger partial charge in [0.2, 0.25) is 5.71 Å². The van der Waals surface area contributed by atoms with Crippen LogP contribution in [0.1, 0.15) is 11.5 Å². The number of thiophene rings is 1. The van der Waals surface area contributed by atoms with Crippen LogP contribution in [-0.2, 0) is 6.54 Å². The molecule has 0 aliphatic rings. The van der Waals surface area contributed by atoms with Crippen LogP contribution < -0.4 is 0 Å². The Morgan fingerprint density at radius 1 is 0.667 bits per heavy atom. The summed E-state index contributed by atoms with van der Waals surface area (Å²) in [6, 6.07) is 34.6. The maximum atomic E-state index is 6.17. The molecular weight excluding hydrogens is 498 g/mol. The summed E-state index contributed by atoms with van der Waals surface area (Å²) < 4.78 is 11.3. The first kappa shape index (κ1) is 21.2. The zero-order valence-electron chi connectivity index (χ0n) is 21.1. The SMILES string of the molecule is Cc1nc(Cn2c3ccccc3c3c4c5ccccc5sc4c4ccccc4c32)c2c(n1)oc1ccccc12. The standard InChI is InChI=1S/C34H21N3OS/c1-19-35-25(29-23-13-5-8-16-27(23)38-34(29)36-19)18-37-26-15-7-4-12-22(26)30-31-24-14-6-9-17-28(24)39-33(31)21-11-3-2-10-20(21)32(30)37/h2-17H,18H2,1H3. The first-order chi connectivity index (χ1) is 19.3. The van der Waals surface area contributed by atoms with Crippen molar-refractivity contribution in [2.45, 2.75) is 13.5 Å². The zero-order valence-corrected chi connectivity index (χ0v) is 21.9. The van der Waals surface area contributed by atoms with Crippen LogP contribution in [0.15, 0.2) is 101 Å². The van der Waals surface area contributed by atoms with Crippen molar-refractivity contribution in [1.82, 2.24) is 14.5 Å². The van der Waals surface area contributed by atoms with Gasteiger partial charge in [0.05, 0.1) is 23.1 Å². The van der Waals surface area contributed by atoms with E-state index in [4.69, 9.17) is 9.40 Å². The highest BCUT2D eigenvalue weighted by Gasteiger charge is 2.22. The number of aryl methyl sites for hydroxylation is 1. The molecule has 0 spiro atoms. The first-order valence-electron chi connectivity index (χ1n) is 13.1. The Bertz CT molecular complexity index is 2440. The van der Waals surface area contributed by atoms with E-state index in [2.05, 4.69) is 88.4 Å². The van der Waals surface area contributed by atoms with E-state index in [-0.39, 0.29) is 0 Å². The molecular formula is C34H21N3OS. The number of rotatable bonds is 2. The van der Waals surface area contributed by atoms with Gasteiger partial charge in [-0.05, 0) is 25.1 Å². The number of benzene rings is 5. The largest absolute Gasteiger partial charge is 0.438 e. The molecule has 5 aromatic carbocycles. The highest BCUT2D eigenvalue weighted by atomic mass is 32.1. The molecule has 0 bridgehead atoms. The van der Waals surface area contributed by atoms with E-state index in [1.807, 2.05) is 36.5 Å². The van der Waals surface area contributed by atoms with Gasteiger partial charge >= 0.3 is 0 Å². The maximum absolute atomic E-state index is 6.17. The van der Waals surface area contributed by atoms with Crippen LogP contribution in [0, 0.1) is 6.92 Å². The van der Waals surface area contributed by atoms with Crippen LogP contribution in [0.25, 0.3) is 74.8 Å². The van der Waals surface area contributed by atoms with E-state index in [1.54, 1.807) is 0 Å². The first-order valence-corrected chi connectivity index (χ1v) is 14.0. The molecule has 4 heterocycles. The number of aromatic nitrogens is 3. The summed E-state index contributed by atoms with van der Waals surface area (Å²) in [5, 5.41) is 9.86. The van der Waals surface area contributed by atoms with E-state index in [0.29, 0.717) is 18.1 Å². The number of furan rings is 1. The van der Waals surface area contributed by atoms with Crippen molar-refractivity contribution in [3.63, 3.8) is 0 Å². The van der Waals surface area contributed by atoms with Crippen molar-refractivity contribution in [3.8, 4) is 0 Å². The fourth-order valence-corrected chi connectivity index (χ4v) is 7.70. The van der Waals surface area contributed by atoms with Gasteiger partial charge < -0.3 is 8.98 Å². The predicted molar refractivity (Wildman–Crippen MR) is 163 cm³/mol. The van der Waals surface area contributed by atoms with Gasteiger partial charge in [0.15, 0.2) is 0 Å². The third-order valence-corrected chi connectivity index (χ3v) is 9.18. The highest BCUT2D eigenvalue weighted by molar-refractivity contribution is 7.27. The zero-order chi connectivity index (χ0) is 25.7. The molecule has 4 nitrogen and oxygen atoms in total. The van der Waals surface area contributed by atoms with Crippen molar-refractivity contribution < 1.29 is 4.42 Å². The van der Waals surface area contributed by atoms with Crippen LogP contribution in [0.5, 0.6) is 0 Å². The van der Waals surface area contributed by atoms with Crippen molar-refractivity contribution in [2.75, 3.05) is 0 Å². The summed E-state index contributed by atoms with van der Waals surface area (Å²) in [5.41, 5.74) is 4.92. The molecule has 0 amide bonds. The second-order valence-electron chi connectivity index (χ2n) is 10.2. The Kier molecular flexibility index (Phi) is 4.16. The van der Waals surface area contributed by atoms with Gasteiger partial charge in [-0.15, -0.1) is 11.3 Å². The molecule has 0 saturated carbocycles. The fraction of sp³-hybridized carbons (Fsp3) is 0.0588. The Morgan fingerprint density at radius 3 is 2.23 bits per heavy atom. The lowest BCUT2D eigenvalue weighted by Crippen LogP contribution is -2.04. The Hall–Kier alpha value is -4.74. The quantitative estimate of drug-likeness (QED) is 0.228. The van der Waals surface area contributed by atoms with Gasteiger partial charge in [-0.3, -0.25) is 0 Å². The van der Waals surface area contributed by atoms with Crippen LogP contribution >= 0.6 is 11.3 Å². The van der Waals surface area contributed by atoms with Gasteiger partial charge in [0.1, 0.15) is 11.4 Å². The van der Waals surface area contributed by atoms with Gasteiger partial charge in [0.25, 0.3) is 0 Å². The van der Waals surface area contributed by atoms with E-state index in [0.717, 1.165) is 22.0 Å². The molecule has 5 heteroatoms. The Balaban J connectivity index is 1.48. The third-order valence-electron chi connectivity index (χ3n) is 7.98. The minimum atomic E-state index is 0.616. The average Bonchev–Trinajstić information content (AvgIpc) is 3.63. The molecule has 9 aromatic rings. The molecule has 0 saturated heterocycles. The number of fused-ring (bicyclic) bond motifs is 13. The van der Waals surface area contributed by atoms with E-state index in [1.165, 1.54) is 52.8 Å². The third kappa shape index (κ3) is 2.83. The minimum absolute atomic E-state index is 0.616. The van der Waals surface area contributed by atoms with Gasteiger partial charge in [-0.2, -0.15) is 4.98 Å². The smallest absolute Gasteiger partial charge is 0.230 e. The molecule has 0 N–H and O–H groups in total. The van der Waals surface area contributed by atoms with Gasteiger partial charge in [0, 0.05) is 52.6 Å². The summed E-state index contributed by atoms with van der Waals surface area (Å²) in [6.07, 6.45) is 0. The summed E-state index contributed by atoms with van der Waals surface area (Å²) in [4.78, 5) is 9.66. The summed E-state index contributed by atoms with van der Waals surface area (Å²) in [5.74, 6) is 0.716. The maximum Gasteiger partial charge on any atom is 0.230 e. The number of hydrogen-bond acceptors (Lipinski definition) is 4. The van der Waals surface area contributed by atoms with Crippen LogP contribution in [0.2, 0.25) is 0 Å². The molecule has 184 valence electrons. The lowest BCUT2D eigenvalue weighted by molar-refractivity contribution is 0.648. The minimum Gasteiger partial charge on any atom is -0.438 e. The molecule has 0 atom stereocenters. The van der Waals surface area contributed by atoms with Crippen molar-refractivity contribution in [2.24, 2.45) is 0 Å². The van der Waals surface area contributed by atoms with E-state index in [9.17, 15) is 0 Å². The molecule has 4 aromatic heterocycles. The second kappa shape index (κ2) is 7.65. The Labute approximate surface area is 226 Å². The van der Waals surface area contributed by atoms with Crippen LogP contribution in [-0.4, -0.2) is 14.5 Å². The monoisotopic (exact) mass is 519 g/mol. The number of hydrogen-bond donors (Lipinski definition) is 0. The molecule has 0 radical (unpaired) electrons. The van der Waals surface area contributed by atoms with E-state index >= 15 is 0 Å². The molecule has 0 fully saturated rings. The van der Waals surface area contributed by atoms with Crippen molar-refractivity contribution in [3.05, 3.63) is 109 Å². The molecule has 39 heavy (non-hydrogen) atoms. The second-order valence-corrected chi connectivity index (χ2v) is 11.2. The summed E-state index contributed by atoms with van der Waals surface area (Å²) >= 11 is 1.89. The van der Waals surface area contributed by atoms with Crippen molar-refractivity contribution >= 4 is 86.2 Å². The Morgan fingerprint density at radius 2 is 1.36 bits per heavy atom. The lowest BCUT2D eigenvalue weighted by Gasteiger charge is -2.11.